The molecule has 0 aliphatic heterocycles. The fourth-order valence-corrected chi connectivity index (χ4v) is 3.89. The van der Waals surface area contributed by atoms with Crippen molar-refractivity contribution in [3.63, 3.8) is 0 Å². The lowest BCUT2D eigenvalue weighted by Gasteiger charge is -2.11. The van der Waals surface area contributed by atoms with Crippen molar-refractivity contribution in [3.05, 3.63) is 58.9 Å². The fourth-order valence-electron chi connectivity index (χ4n) is 3.26. The van der Waals surface area contributed by atoms with Gasteiger partial charge in [0.2, 0.25) is 0 Å². The van der Waals surface area contributed by atoms with Crippen molar-refractivity contribution in [2.45, 2.75) is 37.5 Å². The smallest absolute Gasteiger partial charge is 0.254 e. The second-order valence-corrected chi connectivity index (χ2v) is 8.35. The van der Waals surface area contributed by atoms with Gasteiger partial charge in [-0.25, -0.2) is 17.2 Å². The van der Waals surface area contributed by atoms with Gasteiger partial charge in [0.1, 0.15) is 5.69 Å². The van der Waals surface area contributed by atoms with Gasteiger partial charge < -0.3 is 0 Å². The summed E-state index contributed by atoms with van der Waals surface area (Å²) in [6.45, 7) is 1.65. The molecule has 1 aliphatic carbocycles. The van der Waals surface area contributed by atoms with E-state index >= 15 is 0 Å². The third-order valence-corrected chi connectivity index (χ3v) is 5.65. The zero-order valence-electron chi connectivity index (χ0n) is 14.1. The molecule has 0 atom stereocenters. The first kappa shape index (κ1) is 17.7. The second kappa shape index (κ2) is 6.67. The van der Waals surface area contributed by atoms with Crippen molar-refractivity contribution in [1.82, 2.24) is 4.98 Å². The van der Waals surface area contributed by atoms with Crippen LogP contribution < -0.4 is 0 Å². The Balaban J connectivity index is 2.02. The maximum absolute atomic E-state index is 12.9. The Morgan fingerprint density at radius 2 is 1.64 bits per heavy atom. The van der Waals surface area contributed by atoms with Gasteiger partial charge in [0, 0.05) is 12.5 Å². The SMILES string of the molecule is Cc1cc(C2=C(c3ccc(S(C)(=O)=O)cc3)CCC2)cnc1C(F)F. The summed E-state index contributed by atoms with van der Waals surface area (Å²) in [5.41, 5.74) is 4.37. The second-order valence-electron chi connectivity index (χ2n) is 6.33. The molecule has 0 amide bonds. The number of sulfone groups is 1. The molecule has 132 valence electrons. The van der Waals surface area contributed by atoms with Crippen LogP contribution in [-0.2, 0) is 9.84 Å². The molecule has 1 aliphatic rings. The number of halogens is 2. The van der Waals surface area contributed by atoms with Crippen LogP contribution >= 0.6 is 0 Å². The van der Waals surface area contributed by atoms with Crippen molar-refractivity contribution in [2.24, 2.45) is 0 Å². The van der Waals surface area contributed by atoms with Gasteiger partial charge >= 0.3 is 0 Å². The predicted molar refractivity (Wildman–Crippen MR) is 94.1 cm³/mol. The number of hydrogen-bond donors (Lipinski definition) is 0. The third kappa shape index (κ3) is 3.63. The van der Waals surface area contributed by atoms with Gasteiger partial charge in [-0.2, -0.15) is 0 Å². The first-order valence-electron chi connectivity index (χ1n) is 8.05. The molecule has 0 bridgehead atoms. The maximum Gasteiger partial charge on any atom is 0.280 e. The van der Waals surface area contributed by atoms with E-state index in [-0.39, 0.29) is 10.6 Å². The molecule has 2 aromatic rings. The first-order chi connectivity index (χ1) is 11.8. The summed E-state index contributed by atoms with van der Waals surface area (Å²) < 4.78 is 49.0. The molecule has 0 saturated heterocycles. The highest BCUT2D eigenvalue weighted by atomic mass is 32.2. The van der Waals surface area contributed by atoms with E-state index in [0.29, 0.717) is 5.56 Å². The predicted octanol–water partition coefficient (Wildman–Crippen LogP) is 4.83. The van der Waals surface area contributed by atoms with Crippen LogP contribution in [0.15, 0.2) is 41.4 Å². The quantitative estimate of drug-likeness (QED) is 0.782. The summed E-state index contributed by atoms with van der Waals surface area (Å²) in [6.07, 6.45) is 2.84. The molecule has 1 heterocycles. The van der Waals surface area contributed by atoms with Crippen molar-refractivity contribution in [3.8, 4) is 0 Å². The first-order valence-corrected chi connectivity index (χ1v) is 9.94. The molecule has 3 nitrogen and oxygen atoms in total. The number of rotatable bonds is 4. The molecule has 0 N–H and O–H groups in total. The summed E-state index contributed by atoms with van der Waals surface area (Å²) in [5.74, 6) is 0. The summed E-state index contributed by atoms with van der Waals surface area (Å²) in [6, 6.07) is 8.60. The lowest BCUT2D eigenvalue weighted by molar-refractivity contribution is 0.145. The highest BCUT2D eigenvalue weighted by Crippen LogP contribution is 2.40. The van der Waals surface area contributed by atoms with E-state index in [1.807, 2.05) is 12.1 Å². The van der Waals surface area contributed by atoms with Crippen molar-refractivity contribution in [2.75, 3.05) is 6.26 Å². The Morgan fingerprint density at radius 3 is 2.16 bits per heavy atom. The number of allylic oxidation sites excluding steroid dienone is 2. The van der Waals surface area contributed by atoms with E-state index in [2.05, 4.69) is 4.98 Å². The highest BCUT2D eigenvalue weighted by molar-refractivity contribution is 7.90. The molecule has 0 saturated carbocycles. The van der Waals surface area contributed by atoms with Crippen molar-refractivity contribution < 1.29 is 17.2 Å². The van der Waals surface area contributed by atoms with Gasteiger partial charge in [0.25, 0.3) is 6.43 Å². The number of nitrogens with zero attached hydrogens (tertiary/aromatic N) is 1. The third-order valence-electron chi connectivity index (χ3n) is 4.52. The minimum Gasteiger partial charge on any atom is -0.254 e. The lowest BCUT2D eigenvalue weighted by atomic mass is 9.97. The zero-order valence-corrected chi connectivity index (χ0v) is 14.9. The molecule has 1 aromatic heterocycles. The molecule has 0 fully saturated rings. The Labute approximate surface area is 146 Å². The summed E-state index contributed by atoms with van der Waals surface area (Å²) in [4.78, 5) is 4.22. The Bertz CT molecular complexity index is 932. The maximum atomic E-state index is 12.9. The largest absolute Gasteiger partial charge is 0.280 e. The molecule has 6 heteroatoms. The van der Waals surface area contributed by atoms with Gasteiger partial charge in [-0.05, 0) is 72.2 Å². The topological polar surface area (TPSA) is 47.0 Å². The molecule has 3 rings (SSSR count). The minimum absolute atomic E-state index is 0.179. The minimum atomic E-state index is -3.22. The molecular weight excluding hydrogens is 344 g/mol. The number of pyridine rings is 1. The van der Waals surface area contributed by atoms with E-state index in [1.54, 1.807) is 25.1 Å². The molecule has 0 spiro atoms. The summed E-state index contributed by atoms with van der Waals surface area (Å²) >= 11 is 0. The summed E-state index contributed by atoms with van der Waals surface area (Å²) in [7, 11) is -3.22. The number of hydrogen-bond acceptors (Lipinski definition) is 3. The number of benzene rings is 1. The van der Waals surface area contributed by atoms with Gasteiger partial charge in [0.15, 0.2) is 9.84 Å². The van der Waals surface area contributed by atoms with Crippen LogP contribution in [0.1, 0.15) is 48.1 Å². The normalized spacial score (nSPS) is 15.2. The van der Waals surface area contributed by atoms with Gasteiger partial charge in [-0.15, -0.1) is 0 Å². The summed E-state index contributed by atoms with van der Waals surface area (Å²) in [5, 5.41) is 0. The van der Waals surface area contributed by atoms with Crippen LogP contribution in [0.5, 0.6) is 0 Å². The molecule has 1 aromatic carbocycles. The number of aryl methyl sites for hydroxylation is 1. The Kier molecular flexibility index (Phi) is 4.73. The van der Waals surface area contributed by atoms with E-state index in [1.165, 1.54) is 12.5 Å². The van der Waals surface area contributed by atoms with Crippen LogP contribution in [-0.4, -0.2) is 19.7 Å². The van der Waals surface area contributed by atoms with Crippen LogP contribution in [0, 0.1) is 6.92 Å². The molecule has 25 heavy (non-hydrogen) atoms. The van der Waals surface area contributed by atoms with Crippen molar-refractivity contribution >= 4 is 21.0 Å². The van der Waals surface area contributed by atoms with Gasteiger partial charge in [-0.1, -0.05) is 12.1 Å². The monoisotopic (exact) mass is 363 g/mol. The van der Waals surface area contributed by atoms with E-state index in [0.717, 1.165) is 41.5 Å². The molecule has 0 unspecified atom stereocenters. The fraction of sp³-hybridized carbons (Fsp3) is 0.316. The van der Waals surface area contributed by atoms with E-state index in [9.17, 15) is 17.2 Å². The average molecular weight is 363 g/mol. The van der Waals surface area contributed by atoms with E-state index in [4.69, 9.17) is 0 Å². The number of aromatic nitrogens is 1. The standard InChI is InChI=1S/C19H19F2NO2S/c1-12-10-14(11-22-18(12)19(20)21)17-5-3-4-16(17)13-6-8-15(9-7-13)25(2,23)24/h6-11,19H,3-5H2,1-2H3. The van der Waals surface area contributed by atoms with Crippen LogP contribution in [0.4, 0.5) is 8.78 Å². The molecular formula is C19H19F2NO2S. The van der Waals surface area contributed by atoms with Gasteiger partial charge in [-0.3, -0.25) is 4.98 Å². The van der Waals surface area contributed by atoms with E-state index < -0.39 is 16.3 Å². The Morgan fingerprint density at radius 1 is 1.04 bits per heavy atom. The Hall–Kier alpha value is -2.08. The molecule has 0 radical (unpaired) electrons. The van der Waals surface area contributed by atoms with Crippen molar-refractivity contribution in [1.29, 1.82) is 0 Å². The van der Waals surface area contributed by atoms with Crippen LogP contribution in [0.2, 0.25) is 0 Å². The number of alkyl halides is 2. The van der Waals surface area contributed by atoms with Crippen LogP contribution in [0.3, 0.4) is 0 Å². The average Bonchev–Trinajstić information content (AvgIpc) is 3.03. The lowest BCUT2D eigenvalue weighted by Crippen LogP contribution is -1.98. The van der Waals surface area contributed by atoms with Gasteiger partial charge in [0.05, 0.1) is 4.90 Å². The highest BCUT2D eigenvalue weighted by Gasteiger charge is 2.20. The zero-order chi connectivity index (χ0) is 18.2. The van der Waals surface area contributed by atoms with Crippen LogP contribution in [0.25, 0.3) is 11.1 Å².